The molecule has 0 saturated carbocycles. The molecule has 17 heavy (non-hydrogen) atoms. The Balaban J connectivity index is 2.02. The summed E-state index contributed by atoms with van der Waals surface area (Å²) in [6.45, 7) is 3.31. The average molecular weight is 233 g/mol. The maximum Gasteiger partial charge on any atom is 0.148 e. The number of aromatic nitrogens is 2. The third-order valence-corrected chi connectivity index (χ3v) is 2.49. The first-order valence-corrected chi connectivity index (χ1v) is 5.47. The van der Waals surface area contributed by atoms with E-state index in [2.05, 4.69) is 10.4 Å². The van der Waals surface area contributed by atoms with Crippen LogP contribution in [-0.2, 0) is 13.1 Å². The third-order valence-electron chi connectivity index (χ3n) is 2.49. The minimum absolute atomic E-state index is 0.0570. The van der Waals surface area contributed by atoms with Gasteiger partial charge in [-0.1, -0.05) is 0 Å². The molecule has 0 aliphatic rings. The second-order valence-corrected chi connectivity index (χ2v) is 3.72. The summed E-state index contributed by atoms with van der Waals surface area (Å²) in [5.41, 5.74) is 0.717. The summed E-state index contributed by atoms with van der Waals surface area (Å²) in [5.74, 6) is 0.897. The Morgan fingerprint density at radius 3 is 2.76 bits per heavy atom. The largest absolute Gasteiger partial charge is 0.508 e. The maximum atomic E-state index is 9.60. The van der Waals surface area contributed by atoms with E-state index in [9.17, 15) is 5.11 Å². The summed E-state index contributed by atoms with van der Waals surface area (Å²) in [7, 11) is 0. The zero-order valence-electron chi connectivity index (χ0n) is 9.59. The molecule has 0 aliphatic heterocycles. The first kappa shape index (κ1) is 11.3. The second-order valence-electron chi connectivity index (χ2n) is 3.72. The number of rotatable bonds is 4. The fourth-order valence-corrected chi connectivity index (χ4v) is 1.52. The molecule has 0 spiro atoms. The van der Waals surface area contributed by atoms with Gasteiger partial charge in [0.05, 0.1) is 0 Å². The molecule has 0 atom stereocenters. The van der Waals surface area contributed by atoms with Crippen LogP contribution in [-0.4, -0.2) is 20.0 Å². The number of aryl methyl sites for hydroxylation is 1. The van der Waals surface area contributed by atoms with E-state index in [0.717, 1.165) is 12.4 Å². The quantitative estimate of drug-likeness (QED) is 0.754. The number of hydrogen-bond donors (Lipinski definition) is 3. The van der Waals surface area contributed by atoms with Crippen LogP contribution < -0.4 is 5.32 Å². The zero-order valence-corrected chi connectivity index (χ0v) is 9.59. The van der Waals surface area contributed by atoms with E-state index < -0.39 is 0 Å². The van der Waals surface area contributed by atoms with Gasteiger partial charge in [-0.2, -0.15) is 5.10 Å². The molecule has 2 rings (SSSR count). The van der Waals surface area contributed by atoms with Gasteiger partial charge in [0.15, 0.2) is 0 Å². The minimum Gasteiger partial charge on any atom is -0.508 e. The van der Waals surface area contributed by atoms with Crippen molar-refractivity contribution < 1.29 is 10.2 Å². The normalized spacial score (nSPS) is 10.4. The van der Waals surface area contributed by atoms with Gasteiger partial charge in [0.1, 0.15) is 17.3 Å². The van der Waals surface area contributed by atoms with Crippen molar-refractivity contribution in [1.82, 2.24) is 9.78 Å². The van der Waals surface area contributed by atoms with Crippen LogP contribution in [0.5, 0.6) is 11.5 Å². The average Bonchev–Trinajstić information content (AvgIpc) is 2.76. The Labute approximate surface area is 99.3 Å². The van der Waals surface area contributed by atoms with E-state index in [1.807, 2.05) is 23.9 Å². The van der Waals surface area contributed by atoms with Gasteiger partial charge in [-0.15, -0.1) is 0 Å². The number of benzene rings is 1. The van der Waals surface area contributed by atoms with Gasteiger partial charge in [0.2, 0.25) is 0 Å². The lowest BCUT2D eigenvalue weighted by atomic mass is 10.2. The van der Waals surface area contributed by atoms with Gasteiger partial charge < -0.3 is 15.5 Å². The Kier molecular flexibility index (Phi) is 3.18. The van der Waals surface area contributed by atoms with Gasteiger partial charge in [0, 0.05) is 37.0 Å². The molecule has 90 valence electrons. The fraction of sp³-hybridized carbons (Fsp3) is 0.250. The van der Waals surface area contributed by atoms with Crippen LogP contribution in [0.25, 0.3) is 0 Å². The molecule has 0 bridgehead atoms. The molecule has 0 saturated heterocycles. The van der Waals surface area contributed by atoms with Gasteiger partial charge in [-0.3, -0.25) is 4.68 Å². The summed E-state index contributed by atoms with van der Waals surface area (Å²) >= 11 is 0. The number of nitrogens with zero attached hydrogens (tertiary/aromatic N) is 2. The van der Waals surface area contributed by atoms with Crippen LogP contribution in [0, 0.1) is 0 Å². The summed E-state index contributed by atoms with van der Waals surface area (Å²) in [5, 5.41) is 26.1. The van der Waals surface area contributed by atoms with Gasteiger partial charge >= 0.3 is 0 Å². The minimum atomic E-state index is 0.0570. The highest BCUT2D eigenvalue weighted by Gasteiger charge is 2.03. The lowest BCUT2D eigenvalue weighted by molar-refractivity contribution is 0.446. The van der Waals surface area contributed by atoms with E-state index in [1.165, 1.54) is 6.07 Å². The van der Waals surface area contributed by atoms with Crippen molar-refractivity contribution in [1.29, 1.82) is 0 Å². The van der Waals surface area contributed by atoms with Crippen molar-refractivity contribution in [3.63, 3.8) is 0 Å². The molecule has 0 unspecified atom stereocenters. The van der Waals surface area contributed by atoms with Gasteiger partial charge in [0.25, 0.3) is 0 Å². The number of phenolic OH excluding ortho intramolecular Hbond substituents is 2. The number of hydrogen-bond acceptors (Lipinski definition) is 4. The summed E-state index contributed by atoms with van der Waals surface area (Å²) < 4.78 is 1.82. The summed E-state index contributed by atoms with van der Waals surface area (Å²) in [6, 6.07) is 6.42. The van der Waals surface area contributed by atoms with Crippen molar-refractivity contribution >= 4 is 5.82 Å². The fourth-order valence-electron chi connectivity index (χ4n) is 1.52. The number of phenols is 2. The van der Waals surface area contributed by atoms with Crippen molar-refractivity contribution in [3.8, 4) is 11.5 Å². The molecular weight excluding hydrogens is 218 g/mol. The van der Waals surface area contributed by atoms with Gasteiger partial charge in [-0.05, 0) is 19.1 Å². The molecule has 0 fully saturated rings. The standard InChI is InChI=1S/C12H15N3O2/c1-2-15-6-5-12(14-15)13-8-9-3-4-10(16)7-11(9)17/h3-7,16-17H,2,8H2,1H3,(H,13,14). The lowest BCUT2D eigenvalue weighted by Crippen LogP contribution is -2.02. The maximum absolute atomic E-state index is 9.60. The SMILES string of the molecule is CCn1ccc(NCc2ccc(O)cc2O)n1. The molecular formula is C12H15N3O2. The van der Waals surface area contributed by atoms with Crippen LogP contribution in [0.15, 0.2) is 30.5 Å². The molecule has 3 N–H and O–H groups in total. The van der Waals surface area contributed by atoms with Crippen LogP contribution in [0.3, 0.4) is 0 Å². The van der Waals surface area contributed by atoms with E-state index >= 15 is 0 Å². The highest BCUT2D eigenvalue weighted by Crippen LogP contribution is 2.23. The zero-order chi connectivity index (χ0) is 12.3. The van der Waals surface area contributed by atoms with Crippen LogP contribution >= 0.6 is 0 Å². The number of anilines is 1. The Bertz CT molecular complexity index is 508. The lowest BCUT2D eigenvalue weighted by Gasteiger charge is -2.06. The van der Waals surface area contributed by atoms with Gasteiger partial charge in [-0.25, -0.2) is 0 Å². The predicted molar refractivity (Wildman–Crippen MR) is 65.0 cm³/mol. The molecule has 0 radical (unpaired) electrons. The van der Waals surface area contributed by atoms with Crippen molar-refractivity contribution in [3.05, 3.63) is 36.0 Å². The van der Waals surface area contributed by atoms with Crippen LogP contribution in [0.4, 0.5) is 5.82 Å². The molecule has 0 aliphatic carbocycles. The topological polar surface area (TPSA) is 70.3 Å². The number of aromatic hydroxyl groups is 2. The monoisotopic (exact) mass is 233 g/mol. The molecule has 0 amide bonds. The predicted octanol–water partition coefficient (Wildman–Crippen LogP) is 1.93. The molecule has 5 nitrogen and oxygen atoms in total. The summed E-state index contributed by atoms with van der Waals surface area (Å²) in [6.07, 6.45) is 1.89. The highest BCUT2D eigenvalue weighted by atomic mass is 16.3. The van der Waals surface area contributed by atoms with E-state index in [1.54, 1.807) is 12.1 Å². The van der Waals surface area contributed by atoms with E-state index in [0.29, 0.717) is 12.1 Å². The van der Waals surface area contributed by atoms with Crippen molar-refractivity contribution in [2.24, 2.45) is 0 Å². The molecule has 1 aromatic heterocycles. The van der Waals surface area contributed by atoms with E-state index in [4.69, 9.17) is 5.11 Å². The summed E-state index contributed by atoms with van der Waals surface area (Å²) in [4.78, 5) is 0. The molecule has 2 aromatic rings. The molecule has 5 heteroatoms. The molecule has 1 heterocycles. The molecule has 1 aromatic carbocycles. The van der Waals surface area contributed by atoms with Crippen LogP contribution in [0.1, 0.15) is 12.5 Å². The van der Waals surface area contributed by atoms with Crippen LogP contribution in [0.2, 0.25) is 0 Å². The second kappa shape index (κ2) is 4.78. The smallest absolute Gasteiger partial charge is 0.148 e. The highest BCUT2D eigenvalue weighted by molar-refractivity contribution is 5.42. The van der Waals surface area contributed by atoms with Crippen molar-refractivity contribution in [2.75, 3.05) is 5.32 Å². The Hall–Kier alpha value is -2.17. The third kappa shape index (κ3) is 2.69. The first-order chi connectivity index (χ1) is 8.19. The Morgan fingerprint density at radius 1 is 1.29 bits per heavy atom. The first-order valence-electron chi connectivity index (χ1n) is 5.47. The van der Waals surface area contributed by atoms with Crippen molar-refractivity contribution in [2.45, 2.75) is 20.0 Å². The number of nitrogens with one attached hydrogen (secondary N) is 1. The Morgan fingerprint density at radius 2 is 2.12 bits per heavy atom. The van der Waals surface area contributed by atoms with E-state index in [-0.39, 0.29) is 11.5 Å².